The number of fused-ring (bicyclic) bond motifs is 2. The Hall–Kier alpha value is -4.13. The fourth-order valence-corrected chi connectivity index (χ4v) is 4.40. The van der Waals surface area contributed by atoms with Crippen molar-refractivity contribution in [3.05, 3.63) is 106 Å². The largest absolute Gasteiger partial charge is 0.423 e. The maximum Gasteiger partial charge on any atom is 0.286 e. The SMILES string of the molecule is CC(NC(=O)c1ccc2c(c1)CN(c1cc(=O)n(O)c3ncccc13)CC2)c1ccccc1. The lowest BCUT2D eigenvalue weighted by Crippen LogP contribution is -2.33. The van der Waals surface area contributed by atoms with Gasteiger partial charge < -0.3 is 15.4 Å². The minimum absolute atomic E-state index is 0.102. The lowest BCUT2D eigenvalue weighted by molar-refractivity contribution is 0.0939. The first kappa shape index (κ1) is 20.8. The molecule has 3 heterocycles. The minimum atomic E-state index is -0.523. The number of aromatic nitrogens is 2. The molecule has 4 aromatic rings. The third-order valence-corrected chi connectivity index (χ3v) is 6.20. The van der Waals surface area contributed by atoms with Gasteiger partial charge in [0.2, 0.25) is 0 Å². The van der Waals surface area contributed by atoms with Crippen molar-refractivity contribution in [1.29, 1.82) is 0 Å². The highest BCUT2D eigenvalue weighted by molar-refractivity contribution is 5.95. The Morgan fingerprint density at radius 1 is 1.06 bits per heavy atom. The van der Waals surface area contributed by atoms with Gasteiger partial charge in [0.15, 0.2) is 5.65 Å². The molecule has 0 saturated carbocycles. The Morgan fingerprint density at radius 2 is 1.88 bits per heavy atom. The van der Waals surface area contributed by atoms with Crippen LogP contribution in [0.15, 0.2) is 77.7 Å². The summed E-state index contributed by atoms with van der Waals surface area (Å²) in [7, 11) is 0. The van der Waals surface area contributed by atoms with E-state index in [4.69, 9.17) is 0 Å². The van der Waals surface area contributed by atoms with Gasteiger partial charge in [-0.3, -0.25) is 9.59 Å². The zero-order valence-corrected chi connectivity index (χ0v) is 18.2. The number of hydrogen-bond acceptors (Lipinski definition) is 5. The number of nitrogens with one attached hydrogen (secondary N) is 1. The highest BCUT2D eigenvalue weighted by atomic mass is 16.5. The van der Waals surface area contributed by atoms with Crippen LogP contribution in [0.3, 0.4) is 0 Å². The number of rotatable bonds is 4. The summed E-state index contributed by atoms with van der Waals surface area (Å²) in [5.41, 5.74) is 4.33. The Balaban J connectivity index is 1.42. The lowest BCUT2D eigenvalue weighted by atomic mass is 9.96. The average Bonchev–Trinajstić information content (AvgIpc) is 2.86. The molecule has 7 nitrogen and oxygen atoms in total. The van der Waals surface area contributed by atoms with Crippen molar-refractivity contribution in [2.24, 2.45) is 0 Å². The Bertz CT molecular complexity index is 1400. The molecule has 2 N–H and O–H groups in total. The Labute approximate surface area is 190 Å². The van der Waals surface area contributed by atoms with Gasteiger partial charge in [-0.1, -0.05) is 36.4 Å². The molecular weight excluding hydrogens is 416 g/mol. The Morgan fingerprint density at radius 3 is 2.70 bits per heavy atom. The quantitative estimate of drug-likeness (QED) is 0.473. The van der Waals surface area contributed by atoms with Gasteiger partial charge in [-0.15, -0.1) is 4.73 Å². The fraction of sp³-hybridized carbons (Fsp3) is 0.192. The van der Waals surface area contributed by atoms with Crippen LogP contribution in [-0.2, 0) is 13.0 Å². The van der Waals surface area contributed by atoms with Gasteiger partial charge in [-0.2, -0.15) is 0 Å². The van der Waals surface area contributed by atoms with Crippen LogP contribution in [0.5, 0.6) is 0 Å². The molecule has 7 heteroatoms. The van der Waals surface area contributed by atoms with Crippen LogP contribution in [-0.4, -0.2) is 27.4 Å². The van der Waals surface area contributed by atoms with Crippen molar-refractivity contribution < 1.29 is 10.0 Å². The van der Waals surface area contributed by atoms with Crippen LogP contribution < -0.4 is 15.8 Å². The minimum Gasteiger partial charge on any atom is -0.423 e. The summed E-state index contributed by atoms with van der Waals surface area (Å²) in [6.45, 7) is 3.25. The third kappa shape index (κ3) is 3.93. The van der Waals surface area contributed by atoms with Gasteiger partial charge >= 0.3 is 0 Å². The van der Waals surface area contributed by atoms with Crippen LogP contribution in [0.1, 0.15) is 40.0 Å². The van der Waals surface area contributed by atoms with Crippen molar-refractivity contribution in [3.63, 3.8) is 0 Å². The molecule has 33 heavy (non-hydrogen) atoms. The molecule has 2 aromatic heterocycles. The van der Waals surface area contributed by atoms with Crippen molar-refractivity contribution in [2.45, 2.75) is 25.9 Å². The molecule has 2 aromatic carbocycles. The number of benzene rings is 2. The number of amides is 1. The normalized spacial score (nSPS) is 14.0. The maximum absolute atomic E-state index is 12.9. The smallest absolute Gasteiger partial charge is 0.286 e. The zero-order valence-electron chi connectivity index (χ0n) is 18.2. The topological polar surface area (TPSA) is 87.5 Å². The summed E-state index contributed by atoms with van der Waals surface area (Å²) in [4.78, 5) is 31.5. The molecule has 5 rings (SSSR count). The zero-order chi connectivity index (χ0) is 22.9. The number of anilines is 1. The fourth-order valence-electron chi connectivity index (χ4n) is 4.40. The van der Waals surface area contributed by atoms with E-state index in [1.165, 1.54) is 11.6 Å². The molecule has 0 saturated heterocycles. The van der Waals surface area contributed by atoms with Gasteiger partial charge in [0.25, 0.3) is 11.5 Å². The molecule has 166 valence electrons. The summed E-state index contributed by atoms with van der Waals surface area (Å²) in [5, 5.41) is 13.8. The number of hydrogen-bond donors (Lipinski definition) is 2. The summed E-state index contributed by atoms with van der Waals surface area (Å²) in [6.07, 6.45) is 2.34. The van der Waals surface area contributed by atoms with Crippen LogP contribution in [0, 0.1) is 0 Å². The second-order valence-electron chi connectivity index (χ2n) is 8.32. The highest BCUT2D eigenvalue weighted by Gasteiger charge is 2.22. The van der Waals surface area contributed by atoms with Crippen molar-refractivity contribution in [3.8, 4) is 0 Å². The molecular formula is C26H24N4O3. The van der Waals surface area contributed by atoms with Crippen LogP contribution in [0.25, 0.3) is 11.0 Å². The predicted molar refractivity (Wildman–Crippen MR) is 127 cm³/mol. The highest BCUT2D eigenvalue weighted by Crippen LogP contribution is 2.29. The first-order chi connectivity index (χ1) is 16.0. The number of carbonyl (C=O) groups excluding carboxylic acids is 1. The molecule has 0 spiro atoms. The predicted octanol–water partition coefficient (Wildman–Crippen LogP) is 3.69. The van der Waals surface area contributed by atoms with Crippen molar-refractivity contribution in [1.82, 2.24) is 15.0 Å². The van der Waals surface area contributed by atoms with E-state index in [1.807, 2.05) is 61.5 Å². The van der Waals surface area contributed by atoms with E-state index >= 15 is 0 Å². The molecule has 0 radical (unpaired) electrons. The van der Waals surface area contributed by atoms with Crippen molar-refractivity contribution in [2.75, 3.05) is 11.4 Å². The maximum atomic E-state index is 12.9. The average molecular weight is 441 g/mol. The van der Waals surface area contributed by atoms with E-state index in [9.17, 15) is 14.8 Å². The molecule has 1 aliphatic heterocycles. The van der Waals surface area contributed by atoms with Gasteiger partial charge in [0.1, 0.15) is 0 Å². The second-order valence-corrected chi connectivity index (χ2v) is 8.32. The van der Waals surface area contributed by atoms with Crippen LogP contribution >= 0.6 is 0 Å². The molecule has 1 aliphatic rings. The monoisotopic (exact) mass is 440 g/mol. The standard InChI is InChI=1S/C26H24N4O3/c1-17(18-6-3-2-4-7-18)28-26(32)20-10-9-19-11-13-29(16-21(19)14-20)23-15-24(31)30(33)25-22(23)8-5-12-27-25/h2-10,12,14-15,17,33H,11,13,16H2,1H3,(H,28,32). The Kier molecular flexibility index (Phi) is 5.30. The van der Waals surface area contributed by atoms with Crippen molar-refractivity contribution >= 4 is 22.6 Å². The summed E-state index contributed by atoms with van der Waals surface area (Å²) in [6, 6.07) is 20.6. The molecule has 1 amide bonds. The van der Waals surface area contributed by atoms with Gasteiger partial charge in [0.05, 0.1) is 11.7 Å². The number of pyridine rings is 2. The molecule has 0 aliphatic carbocycles. The summed E-state index contributed by atoms with van der Waals surface area (Å²) < 4.78 is 0.576. The number of carbonyl (C=O) groups is 1. The van der Waals surface area contributed by atoms with E-state index in [2.05, 4.69) is 15.2 Å². The van der Waals surface area contributed by atoms with E-state index in [0.29, 0.717) is 22.2 Å². The third-order valence-electron chi connectivity index (χ3n) is 6.20. The van der Waals surface area contributed by atoms with E-state index in [-0.39, 0.29) is 17.6 Å². The van der Waals surface area contributed by atoms with E-state index in [1.54, 1.807) is 12.3 Å². The van der Waals surface area contributed by atoms with Gasteiger partial charge in [-0.25, -0.2) is 4.98 Å². The molecule has 0 bridgehead atoms. The van der Waals surface area contributed by atoms with E-state index < -0.39 is 5.56 Å². The molecule has 1 unspecified atom stereocenters. The van der Waals surface area contributed by atoms with Gasteiger partial charge in [-0.05, 0) is 54.3 Å². The van der Waals surface area contributed by atoms with Gasteiger partial charge in [0, 0.05) is 36.3 Å². The lowest BCUT2D eigenvalue weighted by Gasteiger charge is -2.31. The summed E-state index contributed by atoms with van der Waals surface area (Å²) in [5.74, 6) is -0.121. The molecule has 1 atom stereocenters. The first-order valence-electron chi connectivity index (χ1n) is 10.9. The first-order valence-corrected chi connectivity index (χ1v) is 10.9. The second kappa shape index (κ2) is 8.43. The summed E-state index contributed by atoms with van der Waals surface area (Å²) >= 11 is 0. The van der Waals surface area contributed by atoms with E-state index in [0.717, 1.165) is 29.8 Å². The van der Waals surface area contributed by atoms with Crippen LogP contribution in [0.2, 0.25) is 0 Å². The van der Waals surface area contributed by atoms with Crippen LogP contribution in [0.4, 0.5) is 5.69 Å². The molecule has 0 fully saturated rings. The number of nitrogens with zero attached hydrogens (tertiary/aromatic N) is 3.